The fourth-order valence-electron chi connectivity index (χ4n) is 3.01. The maximum absolute atomic E-state index is 13.2. The quantitative estimate of drug-likeness (QED) is 0.635. The zero-order valence-electron chi connectivity index (χ0n) is 12.9. The first-order chi connectivity index (χ1) is 11.7. The van der Waals surface area contributed by atoms with Crippen LogP contribution in [-0.4, -0.2) is 17.7 Å². The maximum atomic E-state index is 13.2. The number of ether oxygens (including phenoxy) is 1. The summed E-state index contributed by atoms with van der Waals surface area (Å²) in [5.41, 5.74) is 3.12. The van der Waals surface area contributed by atoms with Gasteiger partial charge in [-0.1, -0.05) is 12.1 Å². The fraction of sp³-hybridized carbons (Fsp3) is 0.158. The largest absolute Gasteiger partial charge is 0.352 e. The molecule has 3 aromatic rings. The first kappa shape index (κ1) is 15.4. The van der Waals surface area contributed by atoms with Crippen LogP contribution in [-0.2, 0) is 4.74 Å². The number of halogens is 2. The minimum Gasteiger partial charge on any atom is -0.352 e. The molecule has 0 saturated carbocycles. The van der Waals surface area contributed by atoms with Crippen LogP contribution in [0.15, 0.2) is 71.5 Å². The molecule has 1 fully saturated rings. The van der Waals surface area contributed by atoms with Crippen molar-refractivity contribution in [1.82, 2.24) is 4.57 Å². The first-order valence-corrected chi connectivity index (χ1v) is 8.58. The lowest BCUT2D eigenvalue weighted by Gasteiger charge is -2.24. The molecule has 0 unspecified atom stereocenters. The molecule has 24 heavy (non-hydrogen) atoms. The summed E-state index contributed by atoms with van der Waals surface area (Å²) in [6.45, 7) is 1.44. The van der Waals surface area contributed by atoms with Crippen molar-refractivity contribution in [2.24, 2.45) is 0 Å². The van der Waals surface area contributed by atoms with E-state index in [0.717, 1.165) is 28.0 Å². The average molecular weight is 387 g/mol. The second-order valence-corrected chi connectivity index (χ2v) is 6.55. The lowest BCUT2D eigenvalue weighted by atomic mass is 10.2. The summed E-state index contributed by atoms with van der Waals surface area (Å²) in [5, 5.41) is 0. The van der Waals surface area contributed by atoms with E-state index < -0.39 is 0 Å². The van der Waals surface area contributed by atoms with E-state index >= 15 is 0 Å². The van der Waals surface area contributed by atoms with Crippen molar-refractivity contribution in [2.75, 3.05) is 18.1 Å². The van der Waals surface area contributed by atoms with Crippen molar-refractivity contribution in [1.29, 1.82) is 0 Å². The van der Waals surface area contributed by atoms with Crippen LogP contribution in [0.2, 0.25) is 0 Å². The van der Waals surface area contributed by atoms with Crippen LogP contribution in [0.1, 0.15) is 11.8 Å². The van der Waals surface area contributed by atoms with Gasteiger partial charge in [-0.3, -0.25) is 0 Å². The third kappa shape index (κ3) is 2.85. The molecule has 4 rings (SSSR count). The van der Waals surface area contributed by atoms with Crippen LogP contribution in [0, 0.1) is 5.82 Å². The highest BCUT2D eigenvalue weighted by atomic mass is 79.9. The summed E-state index contributed by atoms with van der Waals surface area (Å²) in [4.78, 5) is 2.15. The van der Waals surface area contributed by atoms with Gasteiger partial charge in [0.1, 0.15) is 5.82 Å². The highest BCUT2D eigenvalue weighted by Gasteiger charge is 2.28. The Morgan fingerprint density at radius 2 is 1.83 bits per heavy atom. The van der Waals surface area contributed by atoms with Crippen LogP contribution < -0.4 is 4.90 Å². The summed E-state index contributed by atoms with van der Waals surface area (Å²) in [6.07, 6.45) is 3.95. The summed E-state index contributed by atoms with van der Waals surface area (Å²) < 4.78 is 22.2. The van der Waals surface area contributed by atoms with Gasteiger partial charge in [-0.15, -0.1) is 0 Å². The van der Waals surface area contributed by atoms with Crippen molar-refractivity contribution in [3.05, 3.63) is 82.8 Å². The fourth-order valence-corrected chi connectivity index (χ4v) is 3.50. The SMILES string of the molecule is Fc1ccc(N2CCO[C@@H]2c2ccn(-c3ccccc3Br)c2)cc1. The molecule has 1 aliphatic rings. The molecule has 0 amide bonds. The lowest BCUT2D eigenvalue weighted by Crippen LogP contribution is -2.22. The first-order valence-electron chi connectivity index (χ1n) is 7.79. The van der Waals surface area contributed by atoms with Gasteiger partial charge in [0, 0.05) is 34.7 Å². The van der Waals surface area contributed by atoms with Gasteiger partial charge in [-0.2, -0.15) is 0 Å². The molecule has 0 radical (unpaired) electrons. The van der Waals surface area contributed by atoms with E-state index in [1.807, 2.05) is 24.4 Å². The molecular weight excluding hydrogens is 371 g/mol. The third-order valence-corrected chi connectivity index (χ3v) is 4.85. The molecular formula is C19H16BrFN2O. The Balaban J connectivity index is 1.64. The predicted molar refractivity (Wildman–Crippen MR) is 95.9 cm³/mol. The average Bonchev–Trinajstić information content (AvgIpc) is 3.25. The van der Waals surface area contributed by atoms with Gasteiger partial charge in [-0.25, -0.2) is 4.39 Å². The molecule has 1 atom stereocenters. The molecule has 2 heterocycles. The van der Waals surface area contributed by atoms with Crippen LogP contribution in [0.3, 0.4) is 0 Å². The summed E-state index contributed by atoms with van der Waals surface area (Å²) in [6, 6.07) is 16.7. The molecule has 2 aromatic carbocycles. The number of anilines is 1. The van der Waals surface area contributed by atoms with Gasteiger partial charge < -0.3 is 14.2 Å². The minimum absolute atomic E-state index is 0.154. The van der Waals surface area contributed by atoms with Crippen molar-refractivity contribution >= 4 is 21.6 Å². The predicted octanol–water partition coefficient (Wildman–Crippen LogP) is 4.91. The van der Waals surface area contributed by atoms with Gasteiger partial charge in [0.05, 0.1) is 12.3 Å². The Morgan fingerprint density at radius 1 is 1.04 bits per heavy atom. The third-order valence-electron chi connectivity index (χ3n) is 4.18. The van der Waals surface area contributed by atoms with Crippen molar-refractivity contribution in [2.45, 2.75) is 6.23 Å². The number of benzene rings is 2. The van der Waals surface area contributed by atoms with E-state index in [2.05, 4.69) is 43.7 Å². The number of hydrogen-bond acceptors (Lipinski definition) is 2. The van der Waals surface area contributed by atoms with Crippen molar-refractivity contribution in [3.63, 3.8) is 0 Å². The van der Waals surface area contributed by atoms with E-state index in [9.17, 15) is 4.39 Å². The summed E-state index contributed by atoms with van der Waals surface area (Å²) in [5.74, 6) is -0.226. The topological polar surface area (TPSA) is 17.4 Å². The molecule has 122 valence electrons. The second-order valence-electron chi connectivity index (χ2n) is 5.70. The van der Waals surface area contributed by atoms with Gasteiger partial charge in [0.2, 0.25) is 0 Å². The Morgan fingerprint density at radius 3 is 2.62 bits per heavy atom. The molecule has 0 aliphatic carbocycles. The number of hydrogen-bond donors (Lipinski definition) is 0. The Hall–Kier alpha value is -2.11. The van der Waals surface area contributed by atoms with Gasteiger partial charge >= 0.3 is 0 Å². The van der Waals surface area contributed by atoms with Crippen LogP contribution >= 0.6 is 15.9 Å². The van der Waals surface area contributed by atoms with Crippen molar-refractivity contribution < 1.29 is 9.13 Å². The molecule has 0 bridgehead atoms. The highest BCUT2D eigenvalue weighted by Crippen LogP contribution is 2.33. The minimum atomic E-state index is -0.226. The smallest absolute Gasteiger partial charge is 0.158 e. The Bertz CT molecular complexity index is 847. The monoisotopic (exact) mass is 386 g/mol. The van der Waals surface area contributed by atoms with E-state index in [1.54, 1.807) is 12.1 Å². The molecule has 0 spiro atoms. The summed E-state index contributed by atoms with van der Waals surface area (Å²) >= 11 is 3.58. The van der Waals surface area contributed by atoms with E-state index in [0.29, 0.717) is 6.61 Å². The molecule has 5 heteroatoms. The Kier molecular flexibility index (Phi) is 4.12. The maximum Gasteiger partial charge on any atom is 0.158 e. The van der Waals surface area contributed by atoms with Crippen LogP contribution in [0.25, 0.3) is 5.69 Å². The number of nitrogens with zero attached hydrogens (tertiary/aromatic N) is 2. The van der Waals surface area contributed by atoms with Crippen molar-refractivity contribution in [3.8, 4) is 5.69 Å². The number of para-hydroxylation sites is 1. The number of rotatable bonds is 3. The number of aromatic nitrogens is 1. The normalized spacial score (nSPS) is 17.4. The molecule has 1 saturated heterocycles. The van der Waals surface area contributed by atoms with Crippen LogP contribution in [0.4, 0.5) is 10.1 Å². The molecule has 1 aliphatic heterocycles. The molecule has 1 aromatic heterocycles. The van der Waals surface area contributed by atoms with Crippen LogP contribution in [0.5, 0.6) is 0 Å². The zero-order chi connectivity index (χ0) is 16.5. The zero-order valence-corrected chi connectivity index (χ0v) is 14.5. The standard InChI is InChI=1S/C19H16BrFN2O/c20-17-3-1-2-4-18(17)22-10-9-14(13-22)19-23(11-12-24-19)16-7-5-15(21)6-8-16/h1-10,13,19H,11-12H2/t19-/m1/s1. The van der Waals surface area contributed by atoms with E-state index in [1.165, 1.54) is 12.1 Å². The Labute approximate surface area is 148 Å². The lowest BCUT2D eigenvalue weighted by molar-refractivity contribution is 0.114. The van der Waals surface area contributed by atoms with E-state index in [-0.39, 0.29) is 12.0 Å². The van der Waals surface area contributed by atoms with E-state index in [4.69, 9.17) is 4.74 Å². The van der Waals surface area contributed by atoms with Gasteiger partial charge in [0.15, 0.2) is 6.23 Å². The second kappa shape index (κ2) is 6.42. The van der Waals surface area contributed by atoms with Gasteiger partial charge in [0.25, 0.3) is 0 Å². The molecule has 0 N–H and O–H groups in total. The van der Waals surface area contributed by atoms with Gasteiger partial charge in [-0.05, 0) is 58.4 Å². The summed E-state index contributed by atoms with van der Waals surface area (Å²) in [7, 11) is 0. The molecule has 3 nitrogen and oxygen atoms in total. The highest BCUT2D eigenvalue weighted by molar-refractivity contribution is 9.10.